The summed E-state index contributed by atoms with van der Waals surface area (Å²) in [5.74, 6) is 0.283. The molecular formula is C12H16BrNOS. The molecule has 1 rings (SSSR count). The smallest absolute Gasteiger partial charge is 0.121 e. The maximum Gasteiger partial charge on any atom is 0.121 e. The highest BCUT2D eigenvalue weighted by Gasteiger charge is 2.23. The molecule has 0 radical (unpaired) electrons. The number of hydrogen-bond acceptors (Lipinski definition) is 3. The van der Waals surface area contributed by atoms with Crippen LogP contribution >= 0.6 is 27.7 Å². The lowest BCUT2D eigenvalue weighted by Gasteiger charge is -2.22. The highest BCUT2D eigenvalue weighted by Crippen LogP contribution is 2.34. The van der Waals surface area contributed by atoms with Crippen molar-refractivity contribution < 1.29 is 5.11 Å². The van der Waals surface area contributed by atoms with Gasteiger partial charge in [-0.2, -0.15) is 0 Å². The van der Waals surface area contributed by atoms with Crippen molar-refractivity contribution in [3.05, 3.63) is 28.2 Å². The molecule has 0 spiro atoms. The maximum absolute atomic E-state index is 9.86. The van der Waals surface area contributed by atoms with E-state index >= 15 is 0 Å². The SMILES string of the molecule is CSC(C)=NC(C)(C)c1cc(Br)ccc1O. The Morgan fingerprint density at radius 3 is 2.62 bits per heavy atom. The molecule has 0 saturated heterocycles. The molecule has 88 valence electrons. The number of hydrogen-bond donors (Lipinski definition) is 1. The second-order valence-corrected chi connectivity index (χ2v) is 5.97. The normalized spacial score (nSPS) is 12.9. The number of halogens is 1. The van der Waals surface area contributed by atoms with Crippen molar-refractivity contribution in [1.82, 2.24) is 0 Å². The lowest BCUT2D eigenvalue weighted by atomic mass is 9.94. The van der Waals surface area contributed by atoms with Gasteiger partial charge in [0.1, 0.15) is 5.75 Å². The minimum Gasteiger partial charge on any atom is -0.508 e. The van der Waals surface area contributed by atoms with Gasteiger partial charge in [0.2, 0.25) is 0 Å². The van der Waals surface area contributed by atoms with Crippen molar-refractivity contribution in [3.63, 3.8) is 0 Å². The Kier molecular flexibility index (Phi) is 4.44. The molecule has 0 amide bonds. The van der Waals surface area contributed by atoms with Gasteiger partial charge in [0.05, 0.1) is 10.6 Å². The minimum absolute atomic E-state index is 0.283. The van der Waals surface area contributed by atoms with Gasteiger partial charge >= 0.3 is 0 Å². The Balaban J connectivity index is 3.21. The highest BCUT2D eigenvalue weighted by molar-refractivity contribution is 9.10. The third-order valence-electron chi connectivity index (χ3n) is 2.35. The quantitative estimate of drug-likeness (QED) is 0.657. The zero-order chi connectivity index (χ0) is 12.3. The van der Waals surface area contributed by atoms with Crippen LogP contribution in [0, 0.1) is 0 Å². The van der Waals surface area contributed by atoms with E-state index in [0.717, 1.165) is 15.1 Å². The predicted molar refractivity (Wildman–Crippen MR) is 75.5 cm³/mol. The maximum atomic E-state index is 9.86. The molecule has 16 heavy (non-hydrogen) atoms. The van der Waals surface area contributed by atoms with Gasteiger partial charge in [-0.3, -0.25) is 4.99 Å². The molecule has 0 atom stereocenters. The first kappa shape index (κ1) is 13.6. The predicted octanol–water partition coefficient (Wildman–Crippen LogP) is 4.17. The molecule has 0 bridgehead atoms. The van der Waals surface area contributed by atoms with E-state index in [9.17, 15) is 5.11 Å². The molecular weight excluding hydrogens is 286 g/mol. The van der Waals surface area contributed by atoms with E-state index in [-0.39, 0.29) is 5.75 Å². The van der Waals surface area contributed by atoms with Crippen molar-refractivity contribution in [2.24, 2.45) is 4.99 Å². The second-order valence-electron chi connectivity index (χ2n) is 4.06. The van der Waals surface area contributed by atoms with E-state index in [0.29, 0.717) is 0 Å². The Morgan fingerprint density at radius 1 is 1.44 bits per heavy atom. The molecule has 1 aromatic carbocycles. The Labute approximate surface area is 109 Å². The lowest BCUT2D eigenvalue weighted by molar-refractivity contribution is 0.441. The zero-order valence-electron chi connectivity index (χ0n) is 9.91. The molecule has 0 aliphatic heterocycles. The average Bonchev–Trinajstić information content (AvgIpc) is 2.20. The van der Waals surface area contributed by atoms with Gasteiger partial charge in [0.25, 0.3) is 0 Å². The molecule has 2 nitrogen and oxygen atoms in total. The van der Waals surface area contributed by atoms with Gasteiger partial charge in [-0.05, 0) is 45.2 Å². The number of rotatable bonds is 2. The third kappa shape index (κ3) is 3.25. The van der Waals surface area contributed by atoms with Crippen LogP contribution in [0.3, 0.4) is 0 Å². The first-order chi connectivity index (χ1) is 7.36. The molecule has 0 heterocycles. The van der Waals surface area contributed by atoms with E-state index in [2.05, 4.69) is 20.9 Å². The van der Waals surface area contributed by atoms with Gasteiger partial charge in [-0.25, -0.2) is 0 Å². The number of thioether (sulfide) groups is 1. The number of phenols is 1. The van der Waals surface area contributed by atoms with E-state index < -0.39 is 5.54 Å². The van der Waals surface area contributed by atoms with Crippen LogP contribution < -0.4 is 0 Å². The molecule has 0 saturated carbocycles. The van der Waals surface area contributed by atoms with Crippen molar-refractivity contribution in [1.29, 1.82) is 0 Å². The molecule has 1 N–H and O–H groups in total. The Morgan fingerprint density at radius 2 is 2.06 bits per heavy atom. The summed E-state index contributed by atoms with van der Waals surface area (Å²) in [6.07, 6.45) is 2.00. The number of phenolic OH excluding ortho intramolecular Hbond substituents is 1. The van der Waals surface area contributed by atoms with Crippen LogP contribution in [0.2, 0.25) is 0 Å². The summed E-state index contributed by atoms with van der Waals surface area (Å²) in [5, 5.41) is 10.9. The summed E-state index contributed by atoms with van der Waals surface area (Å²) >= 11 is 5.02. The van der Waals surface area contributed by atoms with Crippen LogP contribution in [0.5, 0.6) is 5.75 Å². The highest BCUT2D eigenvalue weighted by atomic mass is 79.9. The molecule has 0 fully saturated rings. The van der Waals surface area contributed by atoms with Crippen LogP contribution in [0.4, 0.5) is 0 Å². The van der Waals surface area contributed by atoms with Crippen molar-refractivity contribution in [2.75, 3.05) is 6.26 Å². The van der Waals surface area contributed by atoms with E-state index in [1.165, 1.54) is 0 Å². The third-order valence-corrected chi connectivity index (χ3v) is 3.53. The van der Waals surface area contributed by atoms with Gasteiger partial charge in [-0.1, -0.05) is 15.9 Å². The van der Waals surface area contributed by atoms with E-state index in [1.807, 2.05) is 39.2 Å². The number of benzene rings is 1. The fourth-order valence-electron chi connectivity index (χ4n) is 1.50. The van der Waals surface area contributed by atoms with Gasteiger partial charge in [0.15, 0.2) is 0 Å². The topological polar surface area (TPSA) is 32.6 Å². The second kappa shape index (κ2) is 5.23. The summed E-state index contributed by atoms with van der Waals surface area (Å²) < 4.78 is 0.949. The number of aromatic hydroxyl groups is 1. The van der Waals surface area contributed by atoms with Crippen LogP contribution in [0.15, 0.2) is 27.7 Å². The lowest BCUT2D eigenvalue weighted by Crippen LogP contribution is -2.15. The van der Waals surface area contributed by atoms with Crippen molar-refractivity contribution >= 4 is 32.7 Å². The summed E-state index contributed by atoms with van der Waals surface area (Å²) in [5.41, 5.74) is 0.413. The Bertz CT molecular complexity index is 415. The molecule has 4 heteroatoms. The molecule has 0 aliphatic carbocycles. The van der Waals surface area contributed by atoms with E-state index in [4.69, 9.17) is 0 Å². The van der Waals surface area contributed by atoms with Crippen molar-refractivity contribution in [2.45, 2.75) is 26.3 Å². The molecule has 0 aliphatic rings. The van der Waals surface area contributed by atoms with Crippen LogP contribution in [-0.4, -0.2) is 16.4 Å². The zero-order valence-corrected chi connectivity index (χ0v) is 12.3. The monoisotopic (exact) mass is 301 g/mol. The summed E-state index contributed by atoms with van der Waals surface area (Å²) in [6.45, 7) is 5.96. The van der Waals surface area contributed by atoms with E-state index in [1.54, 1.807) is 17.8 Å². The molecule has 0 aromatic heterocycles. The van der Waals surface area contributed by atoms with Crippen molar-refractivity contribution in [3.8, 4) is 5.75 Å². The average molecular weight is 302 g/mol. The summed E-state index contributed by atoms with van der Waals surface area (Å²) in [4.78, 5) is 4.60. The van der Waals surface area contributed by atoms with Crippen LogP contribution in [0.1, 0.15) is 26.3 Å². The Hall–Kier alpha value is -0.480. The first-order valence-corrected chi connectivity index (χ1v) is 6.98. The number of nitrogens with zero attached hydrogens (tertiary/aromatic N) is 1. The molecule has 1 aromatic rings. The molecule has 0 unspecified atom stereocenters. The minimum atomic E-state index is -0.416. The summed E-state index contributed by atoms with van der Waals surface area (Å²) in [6, 6.07) is 5.41. The van der Waals surface area contributed by atoms with Crippen LogP contribution in [0.25, 0.3) is 0 Å². The first-order valence-electron chi connectivity index (χ1n) is 4.96. The standard InChI is InChI=1S/C12H16BrNOS/c1-8(16-4)14-12(2,3)10-7-9(13)5-6-11(10)15/h5-7,15H,1-4H3. The summed E-state index contributed by atoms with van der Waals surface area (Å²) in [7, 11) is 0. The van der Waals surface area contributed by atoms with Gasteiger partial charge < -0.3 is 5.11 Å². The number of aliphatic imine (C=N–C) groups is 1. The van der Waals surface area contributed by atoms with Gasteiger partial charge in [0, 0.05) is 10.0 Å². The fraction of sp³-hybridized carbons (Fsp3) is 0.417. The fourth-order valence-corrected chi connectivity index (χ4v) is 2.18. The van der Waals surface area contributed by atoms with Crippen LogP contribution in [-0.2, 0) is 5.54 Å². The van der Waals surface area contributed by atoms with Gasteiger partial charge in [-0.15, -0.1) is 11.8 Å². The largest absolute Gasteiger partial charge is 0.508 e.